The van der Waals surface area contributed by atoms with Gasteiger partial charge in [0, 0.05) is 11.8 Å². The molecule has 1 aromatic carbocycles. The molecule has 0 spiro atoms. The van der Waals surface area contributed by atoms with Crippen LogP contribution in [0.4, 0.5) is 0 Å². The fraction of sp³-hybridized carbons (Fsp3) is 0.385. The van der Waals surface area contributed by atoms with Gasteiger partial charge < -0.3 is 0 Å². The smallest absolute Gasteiger partial charge is 0.140 e. The summed E-state index contributed by atoms with van der Waals surface area (Å²) >= 11 is 6.16. The van der Waals surface area contributed by atoms with Crippen molar-refractivity contribution in [1.82, 2.24) is 9.97 Å². The molecular weight excluding hydrogens is 220 g/mol. The molecule has 2 nitrogen and oxygen atoms in total. The zero-order valence-electron chi connectivity index (χ0n) is 9.63. The lowest BCUT2D eigenvalue weighted by molar-refractivity contribution is 0.921. The minimum absolute atomic E-state index is 0.569. The van der Waals surface area contributed by atoms with Crippen molar-refractivity contribution in [2.75, 3.05) is 0 Å². The first-order valence-corrected chi connectivity index (χ1v) is 6.07. The molecule has 84 valence electrons. The summed E-state index contributed by atoms with van der Waals surface area (Å²) in [5.74, 6) is 0.806. The molecular formula is C13H15ClN2. The van der Waals surface area contributed by atoms with Gasteiger partial charge in [0.2, 0.25) is 0 Å². The van der Waals surface area contributed by atoms with Gasteiger partial charge in [-0.05, 0) is 24.1 Å². The van der Waals surface area contributed by atoms with E-state index in [4.69, 9.17) is 11.6 Å². The summed E-state index contributed by atoms with van der Waals surface area (Å²) in [6, 6.07) is 6.25. The van der Waals surface area contributed by atoms with Gasteiger partial charge in [0.05, 0.1) is 5.52 Å². The summed E-state index contributed by atoms with van der Waals surface area (Å²) < 4.78 is 0. The Labute approximate surface area is 101 Å². The van der Waals surface area contributed by atoms with Gasteiger partial charge in [-0.15, -0.1) is 0 Å². The van der Waals surface area contributed by atoms with Crippen LogP contribution >= 0.6 is 11.6 Å². The number of nitrogens with zero attached hydrogens (tertiary/aromatic N) is 2. The Bertz CT molecular complexity index is 509. The third-order valence-corrected chi connectivity index (χ3v) is 2.90. The number of halogens is 1. The van der Waals surface area contributed by atoms with E-state index in [2.05, 4.69) is 29.0 Å². The van der Waals surface area contributed by atoms with E-state index in [0.717, 1.165) is 36.0 Å². The summed E-state index contributed by atoms with van der Waals surface area (Å²) in [6.45, 7) is 4.20. The largest absolute Gasteiger partial charge is 0.233 e. The van der Waals surface area contributed by atoms with Crippen LogP contribution in [0, 0.1) is 0 Å². The Morgan fingerprint density at radius 2 is 2.00 bits per heavy atom. The van der Waals surface area contributed by atoms with Crippen molar-refractivity contribution in [3.8, 4) is 0 Å². The van der Waals surface area contributed by atoms with Crippen LogP contribution in [0.5, 0.6) is 0 Å². The van der Waals surface area contributed by atoms with Crippen LogP contribution in [-0.4, -0.2) is 9.97 Å². The molecule has 0 fully saturated rings. The van der Waals surface area contributed by atoms with Gasteiger partial charge in [0.25, 0.3) is 0 Å². The number of fused-ring (bicyclic) bond motifs is 1. The lowest BCUT2D eigenvalue weighted by Gasteiger charge is -2.05. The first-order valence-electron chi connectivity index (χ1n) is 5.69. The maximum Gasteiger partial charge on any atom is 0.140 e. The number of aryl methyl sites for hydroxylation is 2. The normalized spacial score (nSPS) is 10.9. The van der Waals surface area contributed by atoms with Crippen molar-refractivity contribution >= 4 is 22.5 Å². The average molecular weight is 235 g/mol. The van der Waals surface area contributed by atoms with Crippen molar-refractivity contribution in [1.29, 1.82) is 0 Å². The quantitative estimate of drug-likeness (QED) is 0.755. The fourth-order valence-corrected chi connectivity index (χ4v) is 2.03. The van der Waals surface area contributed by atoms with Gasteiger partial charge in [-0.3, -0.25) is 0 Å². The SMILES string of the molecule is CCCc1ccc2nc(CC)nc(Cl)c2c1. The molecule has 3 heteroatoms. The van der Waals surface area contributed by atoms with Crippen LogP contribution in [0.1, 0.15) is 31.7 Å². The number of benzene rings is 1. The third-order valence-electron chi connectivity index (χ3n) is 2.61. The second-order valence-electron chi connectivity index (χ2n) is 3.89. The lowest BCUT2D eigenvalue weighted by Crippen LogP contribution is -1.95. The van der Waals surface area contributed by atoms with Gasteiger partial charge in [0.1, 0.15) is 11.0 Å². The summed E-state index contributed by atoms with van der Waals surface area (Å²) in [7, 11) is 0. The van der Waals surface area contributed by atoms with E-state index in [9.17, 15) is 0 Å². The van der Waals surface area contributed by atoms with E-state index in [-0.39, 0.29) is 0 Å². The first kappa shape index (κ1) is 11.3. The van der Waals surface area contributed by atoms with E-state index in [1.165, 1.54) is 5.56 Å². The van der Waals surface area contributed by atoms with Crippen LogP contribution in [0.25, 0.3) is 10.9 Å². The van der Waals surface area contributed by atoms with Crippen LogP contribution in [0.15, 0.2) is 18.2 Å². The molecule has 1 aromatic heterocycles. The van der Waals surface area contributed by atoms with Gasteiger partial charge in [-0.1, -0.05) is 37.9 Å². The van der Waals surface area contributed by atoms with E-state index in [0.29, 0.717) is 5.15 Å². The summed E-state index contributed by atoms with van der Waals surface area (Å²) in [5, 5.41) is 1.53. The highest BCUT2D eigenvalue weighted by atomic mass is 35.5. The molecule has 0 amide bonds. The number of aromatic nitrogens is 2. The second-order valence-corrected chi connectivity index (χ2v) is 4.24. The molecule has 16 heavy (non-hydrogen) atoms. The predicted molar refractivity (Wildman–Crippen MR) is 67.9 cm³/mol. The molecule has 0 saturated heterocycles. The molecule has 0 saturated carbocycles. The maximum absolute atomic E-state index is 6.16. The first-order chi connectivity index (χ1) is 7.74. The molecule has 2 rings (SSSR count). The number of hydrogen-bond acceptors (Lipinski definition) is 2. The van der Waals surface area contributed by atoms with Crippen LogP contribution < -0.4 is 0 Å². The standard InChI is InChI=1S/C13H15ClN2/c1-3-5-9-6-7-11-10(8-9)13(14)16-12(4-2)15-11/h6-8H,3-5H2,1-2H3. The highest BCUT2D eigenvalue weighted by molar-refractivity contribution is 6.34. The van der Waals surface area contributed by atoms with Crippen LogP contribution in [0.2, 0.25) is 5.15 Å². The van der Waals surface area contributed by atoms with Crippen molar-refractivity contribution in [3.05, 3.63) is 34.7 Å². The molecule has 0 radical (unpaired) electrons. The predicted octanol–water partition coefficient (Wildman–Crippen LogP) is 3.80. The molecule has 0 aliphatic carbocycles. The van der Waals surface area contributed by atoms with Crippen molar-refractivity contribution < 1.29 is 0 Å². The lowest BCUT2D eigenvalue weighted by atomic mass is 10.1. The molecule has 0 atom stereocenters. The van der Waals surface area contributed by atoms with E-state index >= 15 is 0 Å². The summed E-state index contributed by atoms with van der Waals surface area (Å²) in [4.78, 5) is 8.74. The third kappa shape index (κ3) is 2.17. The molecule has 0 bridgehead atoms. The Morgan fingerprint density at radius 1 is 1.19 bits per heavy atom. The topological polar surface area (TPSA) is 25.8 Å². The summed E-state index contributed by atoms with van der Waals surface area (Å²) in [6.07, 6.45) is 3.02. The molecule has 2 aromatic rings. The van der Waals surface area contributed by atoms with Gasteiger partial charge in [0.15, 0.2) is 0 Å². The van der Waals surface area contributed by atoms with Crippen molar-refractivity contribution in [2.45, 2.75) is 33.1 Å². The molecule has 0 aliphatic rings. The highest BCUT2D eigenvalue weighted by Gasteiger charge is 2.05. The zero-order valence-corrected chi connectivity index (χ0v) is 10.4. The molecule has 0 aliphatic heterocycles. The van der Waals surface area contributed by atoms with Gasteiger partial charge in [-0.25, -0.2) is 9.97 Å². The van der Waals surface area contributed by atoms with Crippen LogP contribution in [-0.2, 0) is 12.8 Å². The van der Waals surface area contributed by atoms with Gasteiger partial charge in [-0.2, -0.15) is 0 Å². The van der Waals surface area contributed by atoms with E-state index in [1.807, 2.05) is 13.0 Å². The molecule has 0 N–H and O–H groups in total. The number of hydrogen-bond donors (Lipinski definition) is 0. The fourth-order valence-electron chi connectivity index (χ4n) is 1.79. The van der Waals surface area contributed by atoms with E-state index in [1.54, 1.807) is 0 Å². The van der Waals surface area contributed by atoms with Gasteiger partial charge >= 0.3 is 0 Å². The minimum Gasteiger partial charge on any atom is -0.233 e. The van der Waals surface area contributed by atoms with Crippen LogP contribution in [0.3, 0.4) is 0 Å². The Balaban J connectivity index is 2.56. The molecule has 1 heterocycles. The minimum atomic E-state index is 0.569. The second kappa shape index (κ2) is 4.79. The van der Waals surface area contributed by atoms with Crippen molar-refractivity contribution in [3.63, 3.8) is 0 Å². The van der Waals surface area contributed by atoms with Crippen molar-refractivity contribution in [2.24, 2.45) is 0 Å². The Morgan fingerprint density at radius 3 is 2.69 bits per heavy atom. The zero-order chi connectivity index (χ0) is 11.5. The monoisotopic (exact) mass is 234 g/mol. The highest BCUT2D eigenvalue weighted by Crippen LogP contribution is 2.22. The maximum atomic E-state index is 6.16. The summed E-state index contributed by atoms with van der Waals surface area (Å²) in [5.41, 5.74) is 2.24. The Kier molecular flexibility index (Phi) is 3.39. The average Bonchev–Trinajstić information content (AvgIpc) is 2.30. The molecule has 0 unspecified atom stereocenters. The number of rotatable bonds is 3. The Hall–Kier alpha value is -1.15. The van der Waals surface area contributed by atoms with E-state index < -0.39 is 0 Å².